The first kappa shape index (κ1) is 24.1. The lowest BCUT2D eigenvalue weighted by Crippen LogP contribution is -2.54. The van der Waals surface area contributed by atoms with Crippen molar-refractivity contribution < 1.29 is 38.1 Å². The standard InChI is InChI=1S/C26H19FN2O7/c1-35-22-13-16(4-11-21(22)36-14-15-2-5-17(6-3-15)25(32)33)12-20-23(30)28-26(34)29(24(20)31)19-9-7-18(27)8-10-19/h2-13H,14H2,1H3,(H,32,33)(H,28,30,34). The van der Waals surface area contributed by atoms with E-state index in [9.17, 15) is 23.6 Å². The predicted molar refractivity (Wildman–Crippen MR) is 126 cm³/mol. The molecule has 0 saturated carbocycles. The number of ether oxygens (including phenoxy) is 2. The maximum absolute atomic E-state index is 13.3. The summed E-state index contributed by atoms with van der Waals surface area (Å²) in [5.41, 5.74) is 1.14. The van der Waals surface area contributed by atoms with Crippen LogP contribution in [0.1, 0.15) is 21.5 Å². The molecule has 0 aromatic heterocycles. The minimum Gasteiger partial charge on any atom is -0.493 e. The minimum atomic E-state index is -1.02. The summed E-state index contributed by atoms with van der Waals surface area (Å²) in [5.74, 6) is -2.59. The molecule has 0 radical (unpaired) electrons. The van der Waals surface area contributed by atoms with Gasteiger partial charge < -0.3 is 14.6 Å². The second kappa shape index (κ2) is 10.1. The molecule has 1 aliphatic heterocycles. The molecular weight excluding hydrogens is 471 g/mol. The number of anilines is 1. The first-order chi connectivity index (χ1) is 17.3. The molecule has 4 rings (SSSR count). The molecule has 10 heteroatoms. The van der Waals surface area contributed by atoms with E-state index in [0.717, 1.165) is 22.6 Å². The maximum Gasteiger partial charge on any atom is 0.335 e. The summed E-state index contributed by atoms with van der Waals surface area (Å²) in [6.07, 6.45) is 1.30. The van der Waals surface area contributed by atoms with Crippen molar-refractivity contribution >= 4 is 35.6 Å². The van der Waals surface area contributed by atoms with Crippen LogP contribution in [0.2, 0.25) is 0 Å². The molecule has 0 aliphatic carbocycles. The zero-order valence-electron chi connectivity index (χ0n) is 18.9. The van der Waals surface area contributed by atoms with E-state index >= 15 is 0 Å². The van der Waals surface area contributed by atoms with Crippen molar-refractivity contribution in [1.82, 2.24) is 5.32 Å². The smallest absolute Gasteiger partial charge is 0.335 e. The number of amides is 4. The van der Waals surface area contributed by atoms with Gasteiger partial charge in [-0.25, -0.2) is 18.9 Å². The molecule has 182 valence electrons. The number of nitrogens with one attached hydrogen (secondary N) is 1. The number of hydrogen-bond donors (Lipinski definition) is 2. The summed E-state index contributed by atoms with van der Waals surface area (Å²) in [7, 11) is 1.42. The quantitative estimate of drug-likeness (QED) is 0.382. The zero-order valence-corrected chi connectivity index (χ0v) is 18.9. The molecular formula is C26H19FN2O7. The van der Waals surface area contributed by atoms with Crippen molar-refractivity contribution in [2.24, 2.45) is 0 Å². The molecule has 2 N–H and O–H groups in total. The van der Waals surface area contributed by atoms with Crippen LogP contribution < -0.4 is 19.7 Å². The van der Waals surface area contributed by atoms with Crippen molar-refractivity contribution in [3.8, 4) is 11.5 Å². The summed E-state index contributed by atoms with van der Waals surface area (Å²) in [6, 6.07) is 14.7. The number of carboxylic acid groups (broad SMARTS) is 1. The van der Waals surface area contributed by atoms with Gasteiger partial charge in [-0.15, -0.1) is 0 Å². The van der Waals surface area contributed by atoms with Crippen LogP contribution in [0, 0.1) is 5.82 Å². The number of carbonyl (C=O) groups is 4. The van der Waals surface area contributed by atoms with Gasteiger partial charge in [0.1, 0.15) is 18.0 Å². The highest BCUT2D eigenvalue weighted by Gasteiger charge is 2.36. The topological polar surface area (TPSA) is 122 Å². The summed E-state index contributed by atoms with van der Waals surface area (Å²) >= 11 is 0. The van der Waals surface area contributed by atoms with Crippen LogP contribution in [-0.2, 0) is 16.2 Å². The largest absolute Gasteiger partial charge is 0.493 e. The number of barbiturate groups is 1. The molecule has 0 bridgehead atoms. The molecule has 1 fully saturated rings. The van der Waals surface area contributed by atoms with Gasteiger partial charge in [0.15, 0.2) is 11.5 Å². The van der Waals surface area contributed by atoms with E-state index in [-0.39, 0.29) is 23.4 Å². The second-order valence-corrected chi connectivity index (χ2v) is 7.64. The Labute approximate surface area is 204 Å². The lowest BCUT2D eigenvalue weighted by molar-refractivity contribution is -0.122. The van der Waals surface area contributed by atoms with Crippen LogP contribution in [0.25, 0.3) is 6.08 Å². The number of methoxy groups -OCH3 is 1. The number of carboxylic acids is 1. The SMILES string of the molecule is COc1cc(C=C2C(=O)NC(=O)N(c3ccc(F)cc3)C2=O)ccc1OCc1ccc(C(=O)O)cc1. The molecule has 1 saturated heterocycles. The van der Waals surface area contributed by atoms with Crippen molar-refractivity contribution in [1.29, 1.82) is 0 Å². The van der Waals surface area contributed by atoms with Crippen LogP contribution in [-0.4, -0.2) is 36.0 Å². The van der Waals surface area contributed by atoms with E-state index in [1.54, 1.807) is 30.3 Å². The molecule has 4 amide bonds. The molecule has 1 aliphatic rings. The zero-order chi connectivity index (χ0) is 25.8. The Morgan fingerprint density at radius 1 is 1.00 bits per heavy atom. The van der Waals surface area contributed by atoms with E-state index < -0.39 is 29.6 Å². The van der Waals surface area contributed by atoms with Gasteiger partial charge in [-0.1, -0.05) is 18.2 Å². The number of urea groups is 1. The third-order valence-electron chi connectivity index (χ3n) is 5.28. The van der Waals surface area contributed by atoms with Crippen LogP contribution in [0.3, 0.4) is 0 Å². The fraction of sp³-hybridized carbons (Fsp3) is 0.0769. The Kier molecular flexibility index (Phi) is 6.77. The molecule has 9 nitrogen and oxygen atoms in total. The van der Waals surface area contributed by atoms with Crippen molar-refractivity contribution in [2.75, 3.05) is 12.0 Å². The van der Waals surface area contributed by atoms with Gasteiger partial charge in [-0.05, 0) is 65.7 Å². The monoisotopic (exact) mass is 490 g/mol. The number of carbonyl (C=O) groups excluding carboxylic acids is 3. The number of aromatic carboxylic acids is 1. The first-order valence-electron chi connectivity index (χ1n) is 10.6. The van der Waals surface area contributed by atoms with Crippen LogP contribution in [0.5, 0.6) is 11.5 Å². The van der Waals surface area contributed by atoms with E-state index in [2.05, 4.69) is 5.32 Å². The average Bonchev–Trinajstić information content (AvgIpc) is 2.86. The molecule has 0 atom stereocenters. The van der Waals surface area contributed by atoms with Gasteiger partial charge in [0, 0.05) is 0 Å². The number of rotatable bonds is 7. The van der Waals surface area contributed by atoms with Gasteiger partial charge in [0.05, 0.1) is 18.4 Å². The molecule has 3 aromatic rings. The Hall–Kier alpha value is -4.99. The molecule has 0 unspecified atom stereocenters. The third-order valence-corrected chi connectivity index (χ3v) is 5.28. The Bertz CT molecular complexity index is 1380. The summed E-state index contributed by atoms with van der Waals surface area (Å²) in [4.78, 5) is 49.4. The molecule has 36 heavy (non-hydrogen) atoms. The van der Waals surface area contributed by atoms with E-state index in [1.165, 1.54) is 37.5 Å². The minimum absolute atomic E-state index is 0.106. The number of benzene rings is 3. The first-order valence-corrected chi connectivity index (χ1v) is 10.6. The highest BCUT2D eigenvalue weighted by molar-refractivity contribution is 6.39. The van der Waals surface area contributed by atoms with Gasteiger partial charge in [-0.2, -0.15) is 0 Å². The Morgan fingerprint density at radius 3 is 2.33 bits per heavy atom. The summed E-state index contributed by atoms with van der Waals surface area (Å²) in [5, 5.41) is 11.1. The number of nitrogens with zero attached hydrogens (tertiary/aromatic N) is 1. The summed E-state index contributed by atoms with van der Waals surface area (Å²) in [6.45, 7) is 0.145. The lowest BCUT2D eigenvalue weighted by Gasteiger charge is -2.26. The Balaban J connectivity index is 1.55. The van der Waals surface area contributed by atoms with E-state index in [1.807, 2.05) is 0 Å². The van der Waals surface area contributed by atoms with Gasteiger partial charge in [0.2, 0.25) is 0 Å². The predicted octanol–water partition coefficient (Wildman–Crippen LogP) is 3.78. The molecule has 0 spiro atoms. The average molecular weight is 490 g/mol. The fourth-order valence-corrected chi connectivity index (χ4v) is 3.45. The third kappa shape index (κ3) is 5.07. The van der Waals surface area contributed by atoms with Crippen molar-refractivity contribution in [2.45, 2.75) is 6.61 Å². The van der Waals surface area contributed by atoms with Crippen LogP contribution >= 0.6 is 0 Å². The summed E-state index contributed by atoms with van der Waals surface area (Å²) < 4.78 is 24.4. The van der Waals surface area contributed by atoms with Gasteiger partial charge in [-0.3, -0.25) is 14.9 Å². The van der Waals surface area contributed by atoms with Crippen molar-refractivity contribution in [3.05, 3.63) is 94.8 Å². The highest BCUT2D eigenvalue weighted by atomic mass is 19.1. The van der Waals surface area contributed by atoms with Crippen LogP contribution in [0.15, 0.2) is 72.3 Å². The highest BCUT2D eigenvalue weighted by Crippen LogP contribution is 2.30. The number of halogens is 1. The lowest BCUT2D eigenvalue weighted by atomic mass is 10.1. The van der Waals surface area contributed by atoms with E-state index in [4.69, 9.17) is 14.6 Å². The van der Waals surface area contributed by atoms with Crippen molar-refractivity contribution in [3.63, 3.8) is 0 Å². The number of hydrogen-bond acceptors (Lipinski definition) is 6. The van der Waals surface area contributed by atoms with Crippen LogP contribution in [0.4, 0.5) is 14.9 Å². The normalized spacial score (nSPS) is 14.6. The maximum atomic E-state index is 13.3. The second-order valence-electron chi connectivity index (χ2n) is 7.64. The Morgan fingerprint density at radius 2 is 1.69 bits per heavy atom. The molecule has 1 heterocycles. The van der Waals surface area contributed by atoms with E-state index in [0.29, 0.717) is 17.1 Å². The fourth-order valence-electron chi connectivity index (χ4n) is 3.45. The van der Waals surface area contributed by atoms with Gasteiger partial charge in [0.25, 0.3) is 11.8 Å². The molecule has 3 aromatic carbocycles. The number of imide groups is 2. The van der Waals surface area contributed by atoms with Gasteiger partial charge >= 0.3 is 12.0 Å².